The number of imide groups is 1. The fraction of sp³-hybridized carbons (Fsp3) is 0.263. The Morgan fingerprint density at radius 2 is 1.75 bits per heavy atom. The summed E-state index contributed by atoms with van der Waals surface area (Å²) in [6.45, 7) is 2.48. The van der Waals surface area contributed by atoms with E-state index in [1.54, 1.807) is 0 Å². The summed E-state index contributed by atoms with van der Waals surface area (Å²) in [6, 6.07) is 16.5. The van der Waals surface area contributed by atoms with Crippen LogP contribution in [0.25, 0.3) is 0 Å². The van der Waals surface area contributed by atoms with Crippen molar-refractivity contribution in [2.24, 2.45) is 0 Å². The number of benzene rings is 2. The van der Waals surface area contributed by atoms with Crippen molar-refractivity contribution in [3.63, 3.8) is 0 Å². The zero-order valence-corrected chi connectivity index (χ0v) is 13.6. The van der Waals surface area contributed by atoms with Crippen LogP contribution in [-0.4, -0.2) is 36.0 Å². The summed E-state index contributed by atoms with van der Waals surface area (Å²) in [5.74, 6) is 0.572. The van der Waals surface area contributed by atoms with Crippen LogP contribution >= 0.6 is 0 Å². The average molecular weight is 324 g/mol. The monoisotopic (exact) mass is 324 g/mol. The van der Waals surface area contributed by atoms with Crippen molar-refractivity contribution < 1.29 is 14.3 Å². The summed E-state index contributed by atoms with van der Waals surface area (Å²) in [7, 11) is 0. The zero-order valence-electron chi connectivity index (χ0n) is 13.6. The number of rotatable bonds is 6. The number of hydrogen-bond donors (Lipinski definition) is 1. The molecule has 2 aromatic carbocycles. The van der Waals surface area contributed by atoms with Crippen molar-refractivity contribution in [1.29, 1.82) is 0 Å². The summed E-state index contributed by atoms with van der Waals surface area (Å²) in [4.78, 5) is 25.7. The standard InChI is InChI=1S/C19H20N2O3/c1-14-7-5-6-10-17(14)24-12-11-21-18(22)16(20-19(21)23)13-15-8-3-2-4-9-15/h2-10,16H,11-13H2,1H3,(H,20,23)/t16-/m0/s1. The van der Waals surface area contributed by atoms with E-state index in [4.69, 9.17) is 4.74 Å². The molecular weight excluding hydrogens is 304 g/mol. The number of carbonyl (C=O) groups is 2. The minimum atomic E-state index is -0.502. The normalized spacial score (nSPS) is 17.0. The van der Waals surface area contributed by atoms with Crippen LogP contribution in [0.3, 0.4) is 0 Å². The van der Waals surface area contributed by atoms with E-state index in [2.05, 4.69) is 5.32 Å². The Morgan fingerprint density at radius 1 is 1.04 bits per heavy atom. The molecule has 3 amide bonds. The van der Waals surface area contributed by atoms with Gasteiger partial charge in [-0.2, -0.15) is 0 Å². The molecule has 1 saturated heterocycles. The second-order valence-corrected chi connectivity index (χ2v) is 5.80. The summed E-state index contributed by atoms with van der Waals surface area (Å²) in [5.41, 5.74) is 2.05. The lowest BCUT2D eigenvalue weighted by atomic mass is 10.1. The first-order valence-corrected chi connectivity index (χ1v) is 7.99. The first-order chi connectivity index (χ1) is 11.6. The van der Waals surface area contributed by atoms with Gasteiger partial charge in [0.05, 0.1) is 6.54 Å². The second-order valence-electron chi connectivity index (χ2n) is 5.80. The number of aryl methyl sites for hydroxylation is 1. The van der Waals surface area contributed by atoms with Gasteiger partial charge in [-0.15, -0.1) is 0 Å². The molecule has 2 aromatic rings. The lowest BCUT2D eigenvalue weighted by Crippen LogP contribution is -2.35. The van der Waals surface area contributed by atoms with E-state index in [9.17, 15) is 9.59 Å². The number of hydrogen-bond acceptors (Lipinski definition) is 3. The minimum absolute atomic E-state index is 0.197. The van der Waals surface area contributed by atoms with E-state index in [1.165, 1.54) is 4.90 Å². The van der Waals surface area contributed by atoms with Crippen molar-refractivity contribution in [3.8, 4) is 5.75 Å². The number of para-hydroxylation sites is 1. The van der Waals surface area contributed by atoms with E-state index >= 15 is 0 Å². The molecule has 1 aliphatic rings. The van der Waals surface area contributed by atoms with Crippen molar-refractivity contribution in [2.75, 3.05) is 13.2 Å². The largest absolute Gasteiger partial charge is 0.491 e. The van der Waals surface area contributed by atoms with Gasteiger partial charge in [0.2, 0.25) is 0 Å². The summed E-state index contributed by atoms with van der Waals surface area (Å²) >= 11 is 0. The topological polar surface area (TPSA) is 58.6 Å². The zero-order chi connectivity index (χ0) is 16.9. The average Bonchev–Trinajstić information content (AvgIpc) is 2.85. The quantitative estimate of drug-likeness (QED) is 0.831. The number of nitrogens with one attached hydrogen (secondary N) is 1. The third-order valence-corrected chi connectivity index (χ3v) is 4.06. The molecule has 0 radical (unpaired) electrons. The van der Waals surface area contributed by atoms with Gasteiger partial charge in [0.15, 0.2) is 0 Å². The third-order valence-electron chi connectivity index (χ3n) is 4.06. The van der Waals surface area contributed by atoms with Gasteiger partial charge in [-0.1, -0.05) is 48.5 Å². The van der Waals surface area contributed by atoms with Crippen LogP contribution < -0.4 is 10.1 Å². The highest BCUT2D eigenvalue weighted by molar-refractivity contribution is 6.04. The molecular formula is C19H20N2O3. The second kappa shape index (κ2) is 7.17. The summed E-state index contributed by atoms with van der Waals surface area (Å²) in [6.07, 6.45) is 0.501. The van der Waals surface area contributed by atoms with Crippen molar-refractivity contribution >= 4 is 11.9 Å². The molecule has 5 heteroatoms. The fourth-order valence-electron chi connectivity index (χ4n) is 2.74. The Hall–Kier alpha value is -2.82. The molecule has 0 bridgehead atoms. The molecule has 0 unspecified atom stereocenters. The van der Waals surface area contributed by atoms with Gasteiger partial charge < -0.3 is 10.1 Å². The van der Waals surface area contributed by atoms with Crippen LogP contribution in [0.5, 0.6) is 5.75 Å². The number of amides is 3. The molecule has 1 heterocycles. The molecule has 3 rings (SSSR count). The van der Waals surface area contributed by atoms with E-state index in [0.717, 1.165) is 16.9 Å². The van der Waals surface area contributed by atoms with Gasteiger partial charge in [-0.3, -0.25) is 9.69 Å². The molecule has 5 nitrogen and oxygen atoms in total. The SMILES string of the molecule is Cc1ccccc1OCCN1C(=O)N[C@@H](Cc2ccccc2)C1=O. The van der Waals surface area contributed by atoms with Crippen LogP contribution in [0.4, 0.5) is 4.79 Å². The number of urea groups is 1. The van der Waals surface area contributed by atoms with Crippen LogP contribution in [0.15, 0.2) is 54.6 Å². The molecule has 1 N–H and O–H groups in total. The number of ether oxygens (including phenoxy) is 1. The Kier molecular flexibility index (Phi) is 4.79. The lowest BCUT2D eigenvalue weighted by molar-refractivity contribution is -0.127. The van der Waals surface area contributed by atoms with Crippen LogP contribution in [0.2, 0.25) is 0 Å². The maximum atomic E-state index is 12.4. The van der Waals surface area contributed by atoms with E-state index < -0.39 is 6.04 Å². The van der Waals surface area contributed by atoms with Crippen molar-refractivity contribution in [1.82, 2.24) is 10.2 Å². The van der Waals surface area contributed by atoms with Gasteiger partial charge in [0, 0.05) is 6.42 Å². The van der Waals surface area contributed by atoms with Crippen molar-refractivity contribution in [3.05, 3.63) is 65.7 Å². The van der Waals surface area contributed by atoms with Crippen molar-refractivity contribution in [2.45, 2.75) is 19.4 Å². The molecule has 0 aromatic heterocycles. The molecule has 1 fully saturated rings. The van der Waals surface area contributed by atoms with Crippen LogP contribution in [-0.2, 0) is 11.2 Å². The Morgan fingerprint density at radius 3 is 2.50 bits per heavy atom. The Balaban J connectivity index is 1.55. The molecule has 0 aliphatic carbocycles. The van der Waals surface area contributed by atoms with Gasteiger partial charge in [0.1, 0.15) is 18.4 Å². The van der Waals surface area contributed by atoms with E-state index in [0.29, 0.717) is 6.42 Å². The van der Waals surface area contributed by atoms with Gasteiger partial charge in [-0.05, 0) is 24.1 Å². The minimum Gasteiger partial charge on any atom is -0.491 e. The highest BCUT2D eigenvalue weighted by atomic mass is 16.5. The van der Waals surface area contributed by atoms with E-state index in [1.807, 2.05) is 61.5 Å². The first-order valence-electron chi connectivity index (χ1n) is 7.99. The highest BCUT2D eigenvalue weighted by Crippen LogP contribution is 2.17. The lowest BCUT2D eigenvalue weighted by Gasteiger charge is -2.14. The van der Waals surface area contributed by atoms with E-state index in [-0.39, 0.29) is 25.1 Å². The highest BCUT2D eigenvalue weighted by Gasteiger charge is 2.37. The predicted molar refractivity (Wildman–Crippen MR) is 90.9 cm³/mol. The van der Waals surface area contributed by atoms with Gasteiger partial charge in [0.25, 0.3) is 5.91 Å². The fourth-order valence-corrected chi connectivity index (χ4v) is 2.74. The molecule has 1 atom stereocenters. The third kappa shape index (κ3) is 3.56. The molecule has 124 valence electrons. The molecule has 24 heavy (non-hydrogen) atoms. The van der Waals surface area contributed by atoms with Crippen LogP contribution in [0, 0.1) is 6.92 Å². The van der Waals surface area contributed by atoms with Crippen LogP contribution in [0.1, 0.15) is 11.1 Å². The maximum Gasteiger partial charge on any atom is 0.324 e. The van der Waals surface area contributed by atoms with Gasteiger partial charge in [-0.25, -0.2) is 4.79 Å². The maximum absolute atomic E-state index is 12.4. The first kappa shape index (κ1) is 16.1. The smallest absolute Gasteiger partial charge is 0.324 e. The number of nitrogens with zero attached hydrogens (tertiary/aromatic N) is 1. The molecule has 0 saturated carbocycles. The Labute approximate surface area is 141 Å². The molecule has 1 aliphatic heterocycles. The molecule has 0 spiro atoms. The van der Waals surface area contributed by atoms with Gasteiger partial charge >= 0.3 is 6.03 Å². The summed E-state index contributed by atoms with van der Waals surface area (Å²) in [5, 5.41) is 2.74. The Bertz CT molecular complexity index is 730. The number of carbonyl (C=O) groups excluding carboxylic acids is 2. The predicted octanol–water partition coefficient (Wildman–Crippen LogP) is 2.54. The summed E-state index contributed by atoms with van der Waals surface area (Å²) < 4.78 is 5.68.